The first kappa shape index (κ1) is 16.5. The maximum Gasteiger partial charge on any atom is 0.205 e. The van der Waals surface area contributed by atoms with E-state index in [9.17, 15) is 4.79 Å². The Morgan fingerprint density at radius 1 is 1.47 bits per heavy atom. The molecule has 0 saturated heterocycles. The average Bonchev–Trinajstić information content (AvgIpc) is 2.33. The maximum absolute atomic E-state index is 11.7. The van der Waals surface area contributed by atoms with Crippen molar-refractivity contribution in [1.29, 1.82) is 0 Å². The summed E-state index contributed by atoms with van der Waals surface area (Å²) in [6, 6.07) is 3.79. The van der Waals surface area contributed by atoms with Gasteiger partial charge in [-0.05, 0) is 36.2 Å². The fourth-order valence-corrected chi connectivity index (χ4v) is 3.06. The van der Waals surface area contributed by atoms with Crippen molar-refractivity contribution in [3.8, 4) is 0 Å². The summed E-state index contributed by atoms with van der Waals surface area (Å²) in [5.74, 6) is -0.00645. The van der Waals surface area contributed by atoms with Crippen LogP contribution in [0.4, 0.5) is 0 Å². The van der Waals surface area contributed by atoms with E-state index in [2.05, 4.69) is 54.8 Å². The second-order valence-electron chi connectivity index (χ2n) is 5.80. The van der Waals surface area contributed by atoms with E-state index >= 15 is 0 Å². The molecule has 0 aliphatic rings. The Bertz CT molecular complexity index is 443. The predicted octanol–water partition coefficient (Wildman–Crippen LogP) is 4.01. The number of Topliss-reactive ketones (excluding diaryl/α,β-unsaturated/α-hetero) is 1. The summed E-state index contributed by atoms with van der Waals surface area (Å²) in [7, 11) is -0.816. The second kappa shape index (κ2) is 6.77. The van der Waals surface area contributed by atoms with Gasteiger partial charge in [-0.1, -0.05) is 36.7 Å². The van der Waals surface area contributed by atoms with Gasteiger partial charge in [0.05, 0.1) is 11.4 Å². The lowest BCUT2D eigenvalue weighted by Gasteiger charge is -2.32. The van der Waals surface area contributed by atoms with E-state index < -0.39 is 9.04 Å². The number of pyridine rings is 1. The molecular formula is C14H21BrNO2Si. The number of carbonyl (C=O) groups excluding carboxylic acids is 1. The zero-order valence-electron chi connectivity index (χ0n) is 12.2. The maximum atomic E-state index is 11.7. The number of alkyl halides is 1. The zero-order valence-corrected chi connectivity index (χ0v) is 14.7. The number of halogens is 1. The van der Waals surface area contributed by atoms with Crippen LogP contribution in [0.3, 0.4) is 0 Å². The third-order valence-electron chi connectivity index (χ3n) is 2.63. The first-order valence-electron chi connectivity index (χ1n) is 6.27. The fourth-order valence-electron chi connectivity index (χ4n) is 1.81. The predicted molar refractivity (Wildman–Crippen MR) is 83.1 cm³/mol. The number of hydrogen-bond donors (Lipinski definition) is 0. The molecule has 0 aromatic carbocycles. The van der Waals surface area contributed by atoms with Crippen molar-refractivity contribution in [2.45, 2.75) is 40.0 Å². The normalized spacial score (nSPS) is 13.6. The average molecular weight is 343 g/mol. The molecule has 1 aromatic heterocycles. The zero-order chi connectivity index (χ0) is 14.6. The van der Waals surface area contributed by atoms with Crippen molar-refractivity contribution in [1.82, 2.24) is 4.98 Å². The van der Waals surface area contributed by atoms with E-state index in [4.69, 9.17) is 4.43 Å². The molecule has 1 heterocycles. The highest BCUT2D eigenvalue weighted by molar-refractivity contribution is 9.09. The highest BCUT2D eigenvalue weighted by atomic mass is 79.9. The quantitative estimate of drug-likeness (QED) is 0.461. The number of ketones is 1. The molecule has 0 amide bonds. The molecule has 1 aromatic rings. The third-order valence-corrected chi connectivity index (χ3v) is 3.85. The highest BCUT2D eigenvalue weighted by Gasteiger charge is 2.28. The summed E-state index contributed by atoms with van der Waals surface area (Å²) >= 11 is 3.18. The van der Waals surface area contributed by atoms with Crippen LogP contribution < -0.4 is 0 Å². The Balaban J connectivity index is 3.12. The van der Waals surface area contributed by atoms with Gasteiger partial charge >= 0.3 is 0 Å². The van der Waals surface area contributed by atoms with Crippen molar-refractivity contribution in [3.63, 3.8) is 0 Å². The monoisotopic (exact) mass is 342 g/mol. The first-order chi connectivity index (χ1) is 8.75. The topological polar surface area (TPSA) is 39.2 Å². The molecular weight excluding hydrogens is 322 g/mol. The van der Waals surface area contributed by atoms with Crippen LogP contribution in [0.15, 0.2) is 18.3 Å². The van der Waals surface area contributed by atoms with Crippen molar-refractivity contribution >= 4 is 30.8 Å². The van der Waals surface area contributed by atoms with Crippen LogP contribution in [-0.4, -0.2) is 25.1 Å². The van der Waals surface area contributed by atoms with Gasteiger partial charge in [0.2, 0.25) is 9.04 Å². The minimum atomic E-state index is -0.816. The van der Waals surface area contributed by atoms with Gasteiger partial charge in [-0.3, -0.25) is 9.78 Å². The van der Waals surface area contributed by atoms with Gasteiger partial charge in [-0.2, -0.15) is 0 Å². The summed E-state index contributed by atoms with van der Waals surface area (Å²) in [6.07, 6.45) is 1.67. The Morgan fingerprint density at radius 2 is 2.11 bits per heavy atom. The van der Waals surface area contributed by atoms with E-state index in [-0.39, 0.29) is 17.3 Å². The van der Waals surface area contributed by atoms with Gasteiger partial charge in [0.15, 0.2) is 5.78 Å². The molecule has 0 aliphatic carbocycles. The molecule has 0 aliphatic heterocycles. The summed E-state index contributed by atoms with van der Waals surface area (Å²) in [4.78, 5) is 15.8. The molecule has 105 valence electrons. The number of carbonyl (C=O) groups is 1. The van der Waals surface area contributed by atoms with Gasteiger partial charge in [0, 0.05) is 6.20 Å². The molecule has 0 N–H and O–H groups in total. The third kappa shape index (κ3) is 4.82. The van der Waals surface area contributed by atoms with Crippen molar-refractivity contribution < 1.29 is 9.22 Å². The van der Waals surface area contributed by atoms with E-state index in [0.717, 1.165) is 5.56 Å². The van der Waals surface area contributed by atoms with Crippen molar-refractivity contribution in [2.75, 3.05) is 5.33 Å². The first-order valence-corrected chi connectivity index (χ1v) is 9.80. The Morgan fingerprint density at radius 3 is 2.58 bits per heavy atom. The molecule has 1 atom stereocenters. The Labute approximate surface area is 125 Å². The fraction of sp³-hybridized carbons (Fsp3) is 0.571. The van der Waals surface area contributed by atoms with Crippen molar-refractivity contribution in [3.05, 3.63) is 29.6 Å². The van der Waals surface area contributed by atoms with E-state index in [1.54, 1.807) is 6.20 Å². The lowest BCUT2D eigenvalue weighted by molar-refractivity contribution is 0.0862. The standard InChI is InChI=1S/C14H21BrNO2Si/c1-14(2,3)13(18-19(4)5)10-6-7-16-11(8-10)12(17)9-15/h6-8,13H,9H2,1-5H3. The minimum absolute atomic E-state index is 0.00645. The van der Waals surface area contributed by atoms with Gasteiger partial charge in [0.1, 0.15) is 5.69 Å². The molecule has 0 bridgehead atoms. The largest absolute Gasteiger partial charge is 0.410 e. The smallest absolute Gasteiger partial charge is 0.205 e. The number of nitrogens with zero attached hydrogens (tertiary/aromatic N) is 1. The van der Waals surface area contributed by atoms with Crippen LogP contribution in [-0.2, 0) is 4.43 Å². The minimum Gasteiger partial charge on any atom is -0.410 e. The molecule has 3 nitrogen and oxygen atoms in total. The molecule has 1 unspecified atom stereocenters. The van der Waals surface area contributed by atoms with Crippen LogP contribution in [0.25, 0.3) is 0 Å². The number of hydrogen-bond acceptors (Lipinski definition) is 3. The molecule has 1 rings (SSSR count). The Kier molecular flexibility index (Phi) is 5.89. The second-order valence-corrected chi connectivity index (χ2v) is 8.42. The van der Waals surface area contributed by atoms with E-state index in [1.807, 2.05) is 12.1 Å². The van der Waals surface area contributed by atoms with Gasteiger partial charge < -0.3 is 4.43 Å². The molecule has 0 saturated carbocycles. The Hall–Kier alpha value is -0.523. The summed E-state index contributed by atoms with van der Waals surface area (Å²) in [5.41, 5.74) is 1.50. The van der Waals surface area contributed by atoms with Gasteiger partial charge in [-0.15, -0.1) is 0 Å². The van der Waals surface area contributed by atoms with Crippen LogP contribution >= 0.6 is 15.9 Å². The van der Waals surface area contributed by atoms with Crippen LogP contribution in [0.2, 0.25) is 13.1 Å². The molecule has 5 heteroatoms. The van der Waals surface area contributed by atoms with Crippen LogP contribution in [0, 0.1) is 5.41 Å². The summed E-state index contributed by atoms with van der Waals surface area (Å²) in [5, 5.41) is 0.293. The lowest BCUT2D eigenvalue weighted by atomic mass is 9.85. The van der Waals surface area contributed by atoms with Gasteiger partial charge in [-0.25, -0.2) is 0 Å². The van der Waals surface area contributed by atoms with E-state index in [0.29, 0.717) is 11.0 Å². The summed E-state index contributed by atoms with van der Waals surface area (Å²) in [6.45, 7) is 10.7. The molecule has 0 spiro atoms. The molecule has 0 fully saturated rings. The molecule has 19 heavy (non-hydrogen) atoms. The molecule has 1 radical (unpaired) electrons. The van der Waals surface area contributed by atoms with Crippen LogP contribution in [0.1, 0.15) is 42.9 Å². The highest BCUT2D eigenvalue weighted by Crippen LogP contribution is 2.36. The van der Waals surface area contributed by atoms with E-state index in [1.165, 1.54) is 0 Å². The number of rotatable bonds is 5. The van der Waals surface area contributed by atoms with Crippen molar-refractivity contribution in [2.24, 2.45) is 5.41 Å². The lowest BCUT2D eigenvalue weighted by Crippen LogP contribution is -2.26. The van der Waals surface area contributed by atoms with Gasteiger partial charge in [0.25, 0.3) is 0 Å². The number of aromatic nitrogens is 1. The SMILES string of the molecule is C[Si](C)OC(c1ccnc(C(=O)CBr)c1)C(C)(C)C. The van der Waals surface area contributed by atoms with Crippen LogP contribution in [0.5, 0.6) is 0 Å². The summed E-state index contributed by atoms with van der Waals surface area (Å²) < 4.78 is 6.12.